The van der Waals surface area contributed by atoms with E-state index in [1.165, 1.54) is 5.56 Å². The Hall–Kier alpha value is -1.38. The monoisotopic (exact) mass is 206 g/mol. The lowest BCUT2D eigenvalue weighted by Crippen LogP contribution is -2.29. The van der Waals surface area contributed by atoms with Crippen LogP contribution < -0.4 is 15.4 Å². The summed E-state index contributed by atoms with van der Waals surface area (Å²) in [5, 5.41) is 0. The molecule has 0 spiro atoms. The van der Waals surface area contributed by atoms with Gasteiger partial charge in [-0.05, 0) is 23.6 Å². The molecule has 0 unspecified atom stereocenters. The van der Waals surface area contributed by atoms with E-state index < -0.39 is 0 Å². The Morgan fingerprint density at radius 3 is 2.80 bits per heavy atom. The number of anilines is 2. The number of ether oxygens (including phenoxy) is 1. The lowest BCUT2D eigenvalue weighted by Gasteiger charge is -2.29. The van der Waals surface area contributed by atoms with Gasteiger partial charge in [0, 0.05) is 7.05 Å². The maximum Gasteiger partial charge on any atom is 0.165 e. The molecular formula is C12H18N2O. The zero-order valence-corrected chi connectivity index (χ0v) is 9.58. The standard InChI is InChI=1S/C12H18N2O/c1-8(2)9-6-10(13)12-11(7-9)14(3)4-5-15-12/h6-8H,4-5,13H2,1-3H3. The molecule has 0 atom stereocenters. The summed E-state index contributed by atoms with van der Waals surface area (Å²) in [6, 6.07) is 4.19. The lowest BCUT2D eigenvalue weighted by molar-refractivity contribution is 0.313. The minimum Gasteiger partial charge on any atom is -0.487 e. The highest BCUT2D eigenvalue weighted by Crippen LogP contribution is 2.38. The van der Waals surface area contributed by atoms with Crippen molar-refractivity contribution in [2.45, 2.75) is 19.8 Å². The minimum atomic E-state index is 0.493. The summed E-state index contributed by atoms with van der Waals surface area (Å²) in [5.74, 6) is 1.33. The summed E-state index contributed by atoms with van der Waals surface area (Å²) in [6.07, 6.45) is 0. The Morgan fingerprint density at radius 2 is 2.13 bits per heavy atom. The van der Waals surface area contributed by atoms with Crippen LogP contribution in [0.3, 0.4) is 0 Å². The number of benzene rings is 1. The van der Waals surface area contributed by atoms with Crippen molar-refractivity contribution in [2.75, 3.05) is 30.8 Å². The van der Waals surface area contributed by atoms with Crippen LogP contribution in [0, 0.1) is 0 Å². The number of likely N-dealkylation sites (N-methyl/N-ethyl adjacent to an activating group) is 1. The fraction of sp³-hybridized carbons (Fsp3) is 0.500. The molecule has 0 aromatic heterocycles. The molecule has 1 aromatic carbocycles. The Bertz CT molecular complexity index is 374. The second-order valence-electron chi connectivity index (χ2n) is 4.38. The number of nitrogens with zero attached hydrogens (tertiary/aromatic N) is 1. The number of nitrogens with two attached hydrogens (primary N) is 1. The van der Waals surface area contributed by atoms with Gasteiger partial charge in [-0.15, -0.1) is 0 Å². The molecule has 1 aromatic rings. The van der Waals surface area contributed by atoms with Crippen molar-refractivity contribution in [3.8, 4) is 5.75 Å². The molecule has 2 N–H and O–H groups in total. The number of hydrogen-bond donors (Lipinski definition) is 1. The predicted molar refractivity (Wildman–Crippen MR) is 63.7 cm³/mol. The van der Waals surface area contributed by atoms with Gasteiger partial charge in [-0.2, -0.15) is 0 Å². The predicted octanol–water partition coefficient (Wildman–Crippen LogP) is 2.22. The van der Waals surface area contributed by atoms with Crippen LogP contribution in [0.5, 0.6) is 5.75 Å². The van der Waals surface area contributed by atoms with Crippen LogP contribution in [0.15, 0.2) is 12.1 Å². The summed E-state index contributed by atoms with van der Waals surface area (Å²) in [5.41, 5.74) is 9.13. The quantitative estimate of drug-likeness (QED) is 0.716. The fourth-order valence-electron chi connectivity index (χ4n) is 1.84. The summed E-state index contributed by atoms with van der Waals surface area (Å²) < 4.78 is 5.59. The Labute approximate surface area is 90.8 Å². The smallest absolute Gasteiger partial charge is 0.165 e. The van der Waals surface area contributed by atoms with Gasteiger partial charge >= 0.3 is 0 Å². The summed E-state index contributed by atoms with van der Waals surface area (Å²) in [4.78, 5) is 2.20. The van der Waals surface area contributed by atoms with Gasteiger partial charge in [-0.25, -0.2) is 0 Å². The molecule has 0 saturated carbocycles. The first-order valence-electron chi connectivity index (χ1n) is 5.37. The molecule has 2 rings (SSSR count). The molecule has 3 nitrogen and oxygen atoms in total. The Morgan fingerprint density at radius 1 is 1.40 bits per heavy atom. The molecule has 0 bridgehead atoms. The fourth-order valence-corrected chi connectivity index (χ4v) is 1.84. The highest BCUT2D eigenvalue weighted by atomic mass is 16.5. The Balaban J connectivity index is 2.52. The van der Waals surface area contributed by atoms with Crippen LogP contribution in [-0.4, -0.2) is 20.2 Å². The molecule has 1 heterocycles. The molecule has 0 aliphatic carbocycles. The molecule has 0 fully saturated rings. The van der Waals surface area contributed by atoms with Gasteiger partial charge in [0.25, 0.3) is 0 Å². The largest absolute Gasteiger partial charge is 0.487 e. The van der Waals surface area contributed by atoms with Gasteiger partial charge in [0.2, 0.25) is 0 Å². The molecule has 0 radical (unpaired) electrons. The highest BCUT2D eigenvalue weighted by molar-refractivity contribution is 5.72. The van der Waals surface area contributed by atoms with E-state index in [0.29, 0.717) is 12.5 Å². The second-order valence-corrected chi connectivity index (χ2v) is 4.38. The van der Waals surface area contributed by atoms with Crippen LogP contribution in [0.4, 0.5) is 11.4 Å². The third kappa shape index (κ3) is 1.74. The third-order valence-electron chi connectivity index (χ3n) is 2.87. The molecular weight excluding hydrogens is 188 g/mol. The molecule has 1 aliphatic heterocycles. The summed E-state index contributed by atoms with van der Waals surface area (Å²) >= 11 is 0. The van der Waals surface area contributed by atoms with Crippen molar-refractivity contribution in [1.82, 2.24) is 0 Å². The first kappa shape index (κ1) is 10.1. The summed E-state index contributed by atoms with van der Waals surface area (Å²) in [6.45, 7) is 5.98. The third-order valence-corrected chi connectivity index (χ3v) is 2.87. The van der Waals surface area contributed by atoms with Crippen molar-refractivity contribution < 1.29 is 4.74 Å². The van der Waals surface area contributed by atoms with Gasteiger partial charge in [0.05, 0.1) is 17.9 Å². The van der Waals surface area contributed by atoms with E-state index in [9.17, 15) is 0 Å². The van der Waals surface area contributed by atoms with E-state index in [1.54, 1.807) is 0 Å². The van der Waals surface area contributed by atoms with Gasteiger partial charge in [0.15, 0.2) is 5.75 Å². The van der Waals surface area contributed by atoms with Gasteiger partial charge in [-0.3, -0.25) is 0 Å². The summed E-state index contributed by atoms with van der Waals surface area (Å²) in [7, 11) is 2.07. The molecule has 0 amide bonds. The van der Waals surface area contributed by atoms with Crippen LogP contribution in [0.2, 0.25) is 0 Å². The number of rotatable bonds is 1. The maximum atomic E-state index is 5.99. The number of hydrogen-bond acceptors (Lipinski definition) is 3. The first-order chi connectivity index (χ1) is 7.09. The van der Waals surface area contributed by atoms with Gasteiger partial charge in [-0.1, -0.05) is 13.8 Å². The number of nitrogen functional groups attached to an aromatic ring is 1. The van der Waals surface area contributed by atoms with Crippen molar-refractivity contribution in [3.05, 3.63) is 17.7 Å². The van der Waals surface area contributed by atoms with Crippen molar-refractivity contribution >= 4 is 11.4 Å². The lowest BCUT2D eigenvalue weighted by atomic mass is 10.0. The molecule has 0 saturated heterocycles. The molecule has 15 heavy (non-hydrogen) atoms. The average Bonchev–Trinajstić information content (AvgIpc) is 2.19. The molecule has 82 valence electrons. The van der Waals surface area contributed by atoms with E-state index in [1.807, 2.05) is 6.07 Å². The van der Waals surface area contributed by atoms with Crippen molar-refractivity contribution in [3.63, 3.8) is 0 Å². The van der Waals surface area contributed by atoms with Crippen LogP contribution in [-0.2, 0) is 0 Å². The molecule has 1 aliphatic rings. The molecule has 3 heteroatoms. The van der Waals surface area contributed by atoms with Crippen LogP contribution in [0.25, 0.3) is 0 Å². The van der Waals surface area contributed by atoms with Crippen molar-refractivity contribution in [2.24, 2.45) is 0 Å². The van der Waals surface area contributed by atoms with Crippen molar-refractivity contribution in [1.29, 1.82) is 0 Å². The van der Waals surface area contributed by atoms with Crippen LogP contribution >= 0.6 is 0 Å². The minimum absolute atomic E-state index is 0.493. The first-order valence-corrected chi connectivity index (χ1v) is 5.37. The zero-order valence-electron chi connectivity index (χ0n) is 9.58. The maximum absolute atomic E-state index is 5.99. The normalized spacial score (nSPS) is 15.1. The van der Waals surface area contributed by atoms with E-state index in [2.05, 4.69) is 31.9 Å². The number of fused-ring (bicyclic) bond motifs is 1. The SMILES string of the molecule is CC(C)c1cc(N)c2c(c1)N(C)CCO2. The highest BCUT2D eigenvalue weighted by Gasteiger charge is 2.19. The van der Waals surface area contributed by atoms with Gasteiger partial charge in [0.1, 0.15) is 6.61 Å². The van der Waals surface area contributed by atoms with E-state index in [-0.39, 0.29) is 0 Å². The van der Waals surface area contributed by atoms with Crippen LogP contribution in [0.1, 0.15) is 25.3 Å². The second kappa shape index (κ2) is 3.65. The average molecular weight is 206 g/mol. The topological polar surface area (TPSA) is 38.5 Å². The van der Waals surface area contributed by atoms with E-state index >= 15 is 0 Å². The zero-order chi connectivity index (χ0) is 11.0. The van der Waals surface area contributed by atoms with E-state index in [0.717, 1.165) is 23.7 Å². The van der Waals surface area contributed by atoms with E-state index in [4.69, 9.17) is 10.5 Å². The Kier molecular flexibility index (Phi) is 2.47. The van der Waals surface area contributed by atoms with Gasteiger partial charge < -0.3 is 15.4 Å².